The number of primary amides is 1. The molecular formula is C19H36N6O7. The first-order valence-electron chi connectivity index (χ1n) is 10.4. The zero-order chi connectivity index (χ0) is 24.7. The third kappa shape index (κ3) is 14.3. The average molecular weight is 461 g/mol. The molecule has 0 saturated carbocycles. The zero-order valence-electron chi connectivity index (χ0n) is 18.6. The lowest BCUT2D eigenvalue weighted by molar-refractivity contribution is -0.139. The molecule has 0 unspecified atom stereocenters. The molecule has 13 nitrogen and oxygen atoms in total. The van der Waals surface area contributed by atoms with Crippen LogP contribution in [0.5, 0.6) is 0 Å². The largest absolute Gasteiger partial charge is 0.480 e. The molecule has 0 fully saturated rings. The number of rotatable bonds is 18. The molecule has 2 atom stereocenters. The van der Waals surface area contributed by atoms with Crippen LogP contribution in [0.1, 0.15) is 33.1 Å². The molecule has 9 N–H and O–H groups in total. The fraction of sp³-hybridized carbons (Fsp3) is 0.737. The van der Waals surface area contributed by atoms with Gasteiger partial charge in [-0.05, 0) is 25.2 Å². The van der Waals surface area contributed by atoms with Crippen LogP contribution in [0.3, 0.4) is 0 Å². The molecule has 0 heterocycles. The standard InChI is InChI=1S/C19H36N6O7/c1-12(2)17(20)19(32)24-13(18(21)31)5-3-4-6-23-14(26)10-25(11-16(29)30)8-7-22-9-15(27)28/h12-13,17,22H,3-11,20H2,1-2H3,(H2,21,31)(H,23,26)(H,24,32)(H,27,28)(H,29,30)/t13-,17-/m0/s1. The second kappa shape index (κ2) is 15.9. The number of carbonyl (C=O) groups is 5. The maximum atomic E-state index is 12.1. The van der Waals surface area contributed by atoms with E-state index in [1.807, 2.05) is 0 Å². The van der Waals surface area contributed by atoms with Crippen molar-refractivity contribution in [3.8, 4) is 0 Å². The van der Waals surface area contributed by atoms with Crippen LogP contribution in [0.15, 0.2) is 0 Å². The van der Waals surface area contributed by atoms with Crippen LogP contribution in [0, 0.1) is 5.92 Å². The van der Waals surface area contributed by atoms with Crippen molar-refractivity contribution in [2.75, 3.05) is 39.3 Å². The van der Waals surface area contributed by atoms with Crippen molar-refractivity contribution in [3.05, 3.63) is 0 Å². The molecule has 0 radical (unpaired) electrons. The van der Waals surface area contributed by atoms with Crippen molar-refractivity contribution >= 4 is 29.7 Å². The number of carboxylic acid groups (broad SMARTS) is 2. The lowest BCUT2D eigenvalue weighted by Crippen LogP contribution is -2.51. The second-order valence-corrected chi connectivity index (χ2v) is 7.75. The lowest BCUT2D eigenvalue weighted by atomic mass is 10.0. The summed E-state index contributed by atoms with van der Waals surface area (Å²) in [6.45, 7) is 3.49. The fourth-order valence-electron chi connectivity index (χ4n) is 2.65. The minimum Gasteiger partial charge on any atom is -0.480 e. The number of amides is 3. The van der Waals surface area contributed by atoms with Crippen LogP contribution in [-0.4, -0.2) is 96.1 Å². The number of carbonyl (C=O) groups excluding carboxylic acids is 3. The summed E-state index contributed by atoms with van der Waals surface area (Å²) in [5.74, 6) is -3.73. The van der Waals surface area contributed by atoms with E-state index >= 15 is 0 Å². The summed E-state index contributed by atoms with van der Waals surface area (Å²) in [4.78, 5) is 58.4. The van der Waals surface area contributed by atoms with E-state index < -0.39 is 35.8 Å². The summed E-state index contributed by atoms with van der Waals surface area (Å²) in [6, 6.07) is -1.60. The van der Waals surface area contributed by atoms with E-state index in [-0.39, 0.29) is 44.5 Å². The molecule has 32 heavy (non-hydrogen) atoms. The average Bonchev–Trinajstić information content (AvgIpc) is 2.68. The van der Waals surface area contributed by atoms with Gasteiger partial charge in [0.2, 0.25) is 17.7 Å². The number of hydrogen-bond donors (Lipinski definition) is 7. The molecule has 0 aromatic carbocycles. The summed E-state index contributed by atoms with van der Waals surface area (Å²) in [6.07, 6.45) is 1.31. The van der Waals surface area contributed by atoms with Crippen molar-refractivity contribution in [1.82, 2.24) is 20.9 Å². The highest BCUT2D eigenvalue weighted by Gasteiger charge is 2.23. The SMILES string of the molecule is CC(C)[C@H](N)C(=O)N[C@@H](CCCCNC(=O)CN(CCNCC(=O)O)CC(=O)O)C(N)=O. The number of nitrogens with two attached hydrogens (primary N) is 2. The van der Waals surface area contributed by atoms with Gasteiger partial charge in [0.25, 0.3) is 0 Å². The van der Waals surface area contributed by atoms with Gasteiger partial charge < -0.3 is 37.6 Å². The Bertz CT molecular complexity index is 644. The Morgan fingerprint density at radius 1 is 0.969 bits per heavy atom. The Balaban J connectivity index is 4.31. The van der Waals surface area contributed by atoms with Gasteiger partial charge >= 0.3 is 11.9 Å². The van der Waals surface area contributed by atoms with Crippen molar-refractivity contribution in [1.29, 1.82) is 0 Å². The van der Waals surface area contributed by atoms with Crippen molar-refractivity contribution < 1.29 is 34.2 Å². The maximum absolute atomic E-state index is 12.1. The third-order valence-corrected chi connectivity index (χ3v) is 4.53. The molecule has 0 saturated heterocycles. The Kier molecular flexibility index (Phi) is 14.6. The van der Waals surface area contributed by atoms with Crippen molar-refractivity contribution in [3.63, 3.8) is 0 Å². The minimum absolute atomic E-state index is 0.0904. The molecule has 184 valence electrons. The molecule has 0 aliphatic carbocycles. The third-order valence-electron chi connectivity index (χ3n) is 4.53. The number of unbranched alkanes of at least 4 members (excludes halogenated alkanes) is 1. The van der Waals surface area contributed by atoms with Crippen LogP contribution in [-0.2, 0) is 24.0 Å². The molecule has 3 amide bonds. The molecule has 0 spiro atoms. The van der Waals surface area contributed by atoms with Gasteiger partial charge in [0.15, 0.2) is 0 Å². The lowest BCUT2D eigenvalue weighted by Gasteiger charge is -2.21. The highest BCUT2D eigenvalue weighted by molar-refractivity contribution is 5.89. The number of nitrogens with zero attached hydrogens (tertiary/aromatic N) is 1. The van der Waals surface area contributed by atoms with E-state index in [0.717, 1.165) is 0 Å². The van der Waals surface area contributed by atoms with E-state index in [1.165, 1.54) is 4.90 Å². The monoisotopic (exact) mass is 460 g/mol. The summed E-state index contributed by atoms with van der Waals surface area (Å²) in [5.41, 5.74) is 11.1. The molecule has 0 rings (SSSR count). The molecule has 0 aromatic heterocycles. The summed E-state index contributed by atoms with van der Waals surface area (Å²) in [5, 5.41) is 25.4. The van der Waals surface area contributed by atoms with Gasteiger partial charge in [0.1, 0.15) is 6.04 Å². The van der Waals surface area contributed by atoms with E-state index in [0.29, 0.717) is 25.8 Å². The van der Waals surface area contributed by atoms with Crippen molar-refractivity contribution in [2.45, 2.75) is 45.2 Å². The highest BCUT2D eigenvalue weighted by Crippen LogP contribution is 2.03. The van der Waals surface area contributed by atoms with E-state index in [1.54, 1.807) is 13.8 Å². The highest BCUT2D eigenvalue weighted by atomic mass is 16.4. The second-order valence-electron chi connectivity index (χ2n) is 7.75. The maximum Gasteiger partial charge on any atom is 0.317 e. The van der Waals surface area contributed by atoms with Crippen LogP contribution in [0.2, 0.25) is 0 Å². The van der Waals surface area contributed by atoms with Crippen LogP contribution < -0.4 is 27.4 Å². The van der Waals surface area contributed by atoms with Crippen molar-refractivity contribution in [2.24, 2.45) is 17.4 Å². The Labute approximate surface area is 187 Å². The molecule has 0 bridgehead atoms. The van der Waals surface area contributed by atoms with Crippen LogP contribution in [0.4, 0.5) is 0 Å². The minimum atomic E-state index is -1.10. The Hall–Kier alpha value is -2.77. The number of hydrogen-bond acceptors (Lipinski definition) is 8. The first kappa shape index (κ1) is 29.2. The summed E-state index contributed by atoms with van der Waals surface area (Å²) < 4.78 is 0. The molecule has 0 aromatic rings. The fourth-order valence-corrected chi connectivity index (χ4v) is 2.65. The molecule has 0 aliphatic heterocycles. The Morgan fingerprint density at radius 2 is 1.62 bits per heavy atom. The summed E-state index contributed by atoms with van der Waals surface area (Å²) >= 11 is 0. The van der Waals surface area contributed by atoms with Gasteiger partial charge in [-0.2, -0.15) is 0 Å². The first-order chi connectivity index (χ1) is 14.9. The zero-order valence-corrected chi connectivity index (χ0v) is 18.6. The Morgan fingerprint density at radius 3 is 2.16 bits per heavy atom. The van der Waals surface area contributed by atoms with E-state index in [9.17, 15) is 24.0 Å². The predicted molar refractivity (Wildman–Crippen MR) is 115 cm³/mol. The number of aliphatic carboxylic acids is 2. The number of carboxylic acids is 2. The molecule has 13 heteroatoms. The molecule has 0 aliphatic rings. The van der Waals surface area contributed by atoms with Gasteiger partial charge in [-0.1, -0.05) is 13.8 Å². The number of nitrogens with one attached hydrogen (secondary N) is 3. The van der Waals surface area contributed by atoms with E-state index in [2.05, 4.69) is 16.0 Å². The topological polar surface area (TPSA) is 217 Å². The molecular weight excluding hydrogens is 424 g/mol. The summed E-state index contributed by atoms with van der Waals surface area (Å²) in [7, 11) is 0. The van der Waals surface area contributed by atoms with Gasteiger partial charge in [-0.25, -0.2) is 0 Å². The normalized spacial score (nSPS) is 12.9. The van der Waals surface area contributed by atoms with E-state index in [4.69, 9.17) is 21.7 Å². The van der Waals surface area contributed by atoms with Crippen LogP contribution >= 0.6 is 0 Å². The van der Waals surface area contributed by atoms with Gasteiger partial charge in [0.05, 0.1) is 25.7 Å². The van der Waals surface area contributed by atoms with Gasteiger partial charge in [0, 0.05) is 19.6 Å². The first-order valence-corrected chi connectivity index (χ1v) is 10.4. The smallest absolute Gasteiger partial charge is 0.317 e. The quantitative estimate of drug-likeness (QED) is 0.105. The van der Waals surface area contributed by atoms with Gasteiger partial charge in [-0.15, -0.1) is 0 Å². The van der Waals surface area contributed by atoms with Gasteiger partial charge in [-0.3, -0.25) is 28.9 Å². The van der Waals surface area contributed by atoms with Crippen LogP contribution in [0.25, 0.3) is 0 Å². The predicted octanol–water partition coefficient (Wildman–Crippen LogP) is -2.71.